The van der Waals surface area contributed by atoms with E-state index in [1.54, 1.807) is 6.20 Å². The van der Waals surface area contributed by atoms with E-state index in [1.165, 1.54) is 6.42 Å². The van der Waals surface area contributed by atoms with Crippen LogP contribution >= 0.6 is 0 Å². The van der Waals surface area contributed by atoms with Gasteiger partial charge in [0.1, 0.15) is 11.4 Å². The number of hydrogen-bond donors (Lipinski definition) is 1. The van der Waals surface area contributed by atoms with E-state index in [4.69, 9.17) is 4.74 Å². The molecule has 1 N–H and O–H groups in total. The fourth-order valence-corrected chi connectivity index (χ4v) is 3.08. The van der Waals surface area contributed by atoms with E-state index in [0.29, 0.717) is 23.5 Å². The fraction of sp³-hybridized carbons (Fsp3) is 0.292. The summed E-state index contributed by atoms with van der Waals surface area (Å²) < 4.78 is 5.83. The van der Waals surface area contributed by atoms with Gasteiger partial charge >= 0.3 is 0 Å². The number of rotatable bonds is 9. The van der Waals surface area contributed by atoms with Gasteiger partial charge in [0, 0.05) is 18.0 Å². The van der Waals surface area contributed by atoms with Gasteiger partial charge < -0.3 is 10.1 Å². The van der Waals surface area contributed by atoms with Gasteiger partial charge in [-0.05, 0) is 75.4 Å². The maximum Gasteiger partial charge on any atom is 0.274 e. The Morgan fingerprint density at radius 1 is 1.10 bits per heavy atom. The molecule has 0 bridgehead atoms. The molecule has 2 heterocycles. The molecule has 150 valence electrons. The topological polar surface area (TPSA) is 64.1 Å². The Morgan fingerprint density at radius 3 is 2.86 bits per heavy atom. The van der Waals surface area contributed by atoms with Crippen LogP contribution in [0.5, 0.6) is 5.75 Å². The van der Waals surface area contributed by atoms with Crippen molar-refractivity contribution in [2.24, 2.45) is 0 Å². The number of pyridine rings is 2. The van der Waals surface area contributed by atoms with Gasteiger partial charge in [-0.25, -0.2) is 4.98 Å². The molecule has 0 aliphatic rings. The number of hydrogen-bond acceptors (Lipinski definition) is 4. The van der Waals surface area contributed by atoms with E-state index in [1.807, 2.05) is 56.3 Å². The first-order valence-corrected chi connectivity index (χ1v) is 10.0. The first-order chi connectivity index (χ1) is 14.2. The van der Waals surface area contributed by atoms with Gasteiger partial charge in [0.05, 0.1) is 17.6 Å². The van der Waals surface area contributed by atoms with Crippen LogP contribution in [-0.2, 0) is 0 Å². The third kappa shape index (κ3) is 5.88. The molecule has 2 aromatic heterocycles. The largest absolute Gasteiger partial charge is 0.494 e. The fourth-order valence-electron chi connectivity index (χ4n) is 3.08. The van der Waals surface area contributed by atoms with Crippen molar-refractivity contribution in [3.63, 3.8) is 0 Å². The summed E-state index contributed by atoms with van der Waals surface area (Å²) in [4.78, 5) is 21.5. The molecule has 0 saturated heterocycles. The average molecular weight is 389 g/mol. The summed E-state index contributed by atoms with van der Waals surface area (Å²) in [6.45, 7) is 4.58. The predicted octanol–water partition coefficient (Wildman–Crippen LogP) is 5.71. The molecule has 5 heteroatoms. The second kappa shape index (κ2) is 10.4. The summed E-state index contributed by atoms with van der Waals surface area (Å²) >= 11 is 0. The molecule has 3 aromatic rings. The summed E-state index contributed by atoms with van der Waals surface area (Å²) in [5, 5.41) is 2.92. The van der Waals surface area contributed by atoms with Gasteiger partial charge in [-0.3, -0.25) is 9.78 Å². The number of ether oxygens (including phenoxy) is 1. The van der Waals surface area contributed by atoms with Crippen LogP contribution < -0.4 is 10.1 Å². The van der Waals surface area contributed by atoms with Crippen LogP contribution in [0.15, 0.2) is 60.8 Å². The summed E-state index contributed by atoms with van der Waals surface area (Å²) in [7, 11) is 0. The van der Waals surface area contributed by atoms with Gasteiger partial charge in [-0.1, -0.05) is 18.2 Å². The lowest BCUT2D eigenvalue weighted by Gasteiger charge is -2.10. The van der Waals surface area contributed by atoms with Crippen molar-refractivity contribution in [3.8, 4) is 5.75 Å². The Labute approximate surface area is 171 Å². The molecule has 3 rings (SSSR count). The van der Waals surface area contributed by atoms with Crippen LogP contribution in [0.4, 0.5) is 5.69 Å². The molecule has 0 spiro atoms. The zero-order chi connectivity index (χ0) is 20.5. The number of fused-ring (bicyclic) bond motifs is 1. The average Bonchev–Trinajstić information content (AvgIpc) is 2.73. The lowest BCUT2D eigenvalue weighted by molar-refractivity contribution is 0.102. The van der Waals surface area contributed by atoms with Crippen LogP contribution in [0.25, 0.3) is 11.0 Å². The van der Waals surface area contributed by atoms with Gasteiger partial charge in [0.2, 0.25) is 0 Å². The molecule has 0 fully saturated rings. The van der Waals surface area contributed by atoms with Crippen LogP contribution in [0.1, 0.15) is 48.7 Å². The number of aryl methyl sites for hydroxylation is 1. The molecule has 0 radical (unpaired) electrons. The number of amides is 1. The number of carbonyl (C=O) groups excluding carboxylic acids is 1. The third-order valence-corrected chi connectivity index (χ3v) is 4.60. The maximum absolute atomic E-state index is 12.7. The Hall–Kier alpha value is -3.21. The van der Waals surface area contributed by atoms with E-state index in [0.717, 1.165) is 36.1 Å². The van der Waals surface area contributed by atoms with E-state index in [-0.39, 0.29) is 5.91 Å². The lowest BCUT2D eigenvalue weighted by atomic mass is 10.1. The van der Waals surface area contributed by atoms with E-state index >= 15 is 0 Å². The Bertz CT molecular complexity index is 998. The summed E-state index contributed by atoms with van der Waals surface area (Å²) in [6.07, 6.45) is 10.5. The highest BCUT2D eigenvalue weighted by molar-refractivity contribution is 6.05. The summed E-state index contributed by atoms with van der Waals surface area (Å²) in [5.74, 6) is 0.512. The van der Waals surface area contributed by atoms with Crippen LogP contribution in [0.2, 0.25) is 0 Å². The second-order valence-electron chi connectivity index (χ2n) is 6.94. The van der Waals surface area contributed by atoms with Crippen LogP contribution in [-0.4, -0.2) is 22.5 Å². The molecule has 1 aromatic carbocycles. The minimum atomic E-state index is -0.241. The van der Waals surface area contributed by atoms with E-state index in [9.17, 15) is 4.79 Å². The Balaban J connectivity index is 1.58. The quantitative estimate of drug-likeness (QED) is 0.376. The zero-order valence-corrected chi connectivity index (χ0v) is 17.0. The highest BCUT2D eigenvalue weighted by Crippen LogP contribution is 2.20. The normalized spacial score (nSPS) is 11.1. The number of anilines is 1. The SMILES string of the molecule is CC=CCCCCCOc1cccc(NC(=O)c2nc3cccnc3cc2C)c1. The van der Waals surface area contributed by atoms with Gasteiger partial charge in [0.25, 0.3) is 5.91 Å². The summed E-state index contributed by atoms with van der Waals surface area (Å²) in [5.41, 5.74) is 3.36. The first-order valence-electron chi connectivity index (χ1n) is 10.0. The number of aromatic nitrogens is 2. The molecule has 29 heavy (non-hydrogen) atoms. The third-order valence-electron chi connectivity index (χ3n) is 4.60. The number of carbonyl (C=O) groups is 1. The molecule has 0 atom stereocenters. The van der Waals surface area contributed by atoms with Crippen molar-refractivity contribution >= 4 is 22.6 Å². The van der Waals surface area contributed by atoms with Gasteiger partial charge in [-0.15, -0.1) is 0 Å². The van der Waals surface area contributed by atoms with E-state index in [2.05, 4.69) is 27.4 Å². The molecule has 1 amide bonds. The highest BCUT2D eigenvalue weighted by Gasteiger charge is 2.13. The van der Waals surface area contributed by atoms with Gasteiger partial charge in [-0.2, -0.15) is 0 Å². The number of allylic oxidation sites excluding steroid dienone is 2. The first kappa shape index (κ1) is 20.5. The lowest BCUT2D eigenvalue weighted by Crippen LogP contribution is -2.15. The second-order valence-corrected chi connectivity index (χ2v) is 6.94. The van der Waals surface area contributed by atoms with Crippen molar-refractivity contribution < 1.29 is 9.53 Å². The number of nitrogens with one attached hydrogen (secondary N) is 1. The van der Waals surface area contributed by atoms with Crippen molar-refractivity contribution in [1.82, 2.24) is 9.97 Å². The van der Waals surface area contributed by atoms with E-state index < -0.39 is 0 Å². The highest BCUT2D eigenvalue weighted by atomic mass is 16.5. The van der Waals surface area contributed by atoms with Crippen molar-refractivity contribution in [2.45, 2.75) is 39.5 Å². The molecule has 0 aliphatic carbocycles. The molecule has 5 nitrogen and oxygen atoms in total. The maximum atomic E-state index is 12.7. The summed E-state index contributed by atoms with van der Waals surface area (Å²) in [6, 6.07) is 13.0. The standard InChI is InChI=1S/C24H27N3O2/c1-3-4-5-6-7-8-15-29-20-12-9-11-19(17-20)26-24(28)23-18(2)16-22-21(27-23)13-10-14-25-22/h3-4,9-14,16-17H,5-8,15H2,1-2H3,(H,26,28). The minimum absolute atomic E-state index is 0.241. The van der Waals surface area contributed by atoms with Crippen molar-refractivity contribution in [2.75, 3.05) is 11.9 Å². The number of benzene rings is 1. The smallest absolute Gasteiger partial charge is 0.274 e. The molecular formula is C24H27N3O2. The van der Waals surface area contributed by atoms with Crippen LogP contribution in [0, 0.1) is 6.92 Å². The van der Waals surface area contributed by atoms with Crippen LogP contribution in [0.3, 0.4) is 0 Å². The van der Waals surface area contributed by atoms with Crippen molar-refractivity contribution in [1.29, 1.82) is 0 Å². The molecule has 0 unspecified atom stereocenters. The predicted molar refractivity (Wildman–Crippen MR) is 117 cm³/mol. The van der Waals surface area contributed by atoms with Gasteiger partial charge in [0.15, 0.2) is 0 Å². The molecule has 0 aliphatic heterocycles. The molecular weight excluding hydrogens is 362 g/mol. The number of nitrogens with zero attached hydrogens (tertiary/aromatic N) is 2. The number of unbranched alkanes of at least 4 members (excludes halogenated alkanes) is 3. The Kier molecular flexibility index (Phi) is 7.34. The molecule has 0 saturated carbocycles. The monoisotopic (exact) mass is 389 g/mol. The zero-order valence-electron chi connectivity index (χ0n) is 17.0. The Morgan fingerprint density at radius 2 is 2.00 bits per heavy atom. The minimum Gasteiger partial charge on any atom is -0.494 e. The van der Waals surface area contributed by atoms with Crippen molar-refractivity contribution in [3.05, 3.63) is 72.1 Å².